The molecule has 1 heterocycles. The molecule has 2 atom stereocenters. The van der Waals surface area contributed by atoms with E-state index in [1.807, 2.05) is 18.2 Å². The summed E-state index contributed by atoms with van der Waals surface area (Å²) in [6.45, 7) is 4.34. The molecule has 1 saturated heterocycles. The Hall–Kier alpha value is -0.770. The molecule has 18 heavy (non-hydrogen) atoms. The van der Waals surface area contributed by atoms with Crippen molar-refractivity contribution in [2.45, 2.75) is 31.8 Å². The maximum atomic E-state index is 9.22. The molecule has 0 radical (unpaired) electrons. The summed E-state index contributed by atoms with van der Waals surface area (Å²) in [5.74, 6) is 0. The highest BCUT2D eigenvalue weighted by molar-refractivity contribution is 6.30. The fourth-order valence-corrected chi connectivity index (χ4v) is 2.65. The van der Waals surface area contributed by atoms with Crippen LogP contribution in [0, 0.1) is 0 Å². The molecule has 0 amide bonds. The Morgan fingerprint density at radius 3 is 3.06 bits per heavy atom. The molecule has 1 aliphatic rings. The van der Waals surface area contributed by atoms with Gasteiger partial charge in [0.05, 0.1) is 0 Å². The zero-order valence-corrected chi connectivity index (χ0v) is 11.5. The molecule has 0 aliphatic carbocycles. The quantitative estimate of drug-likeness (QED) is 0.883. The largest absolute Gasteiger partial charge is 0.396 e. The highest BCUT2D eigenvalue weighted by Gasteiger charge is 2.23. The van der Waals surface area contributed by atoms with Gasteiger partial charge in [-0.05, 0) is 38.0 Å². The lowest BCUT2D eigenvalue weighted by Gasteiger charge is -2.31. The number of anilines is 1. The van der Waals surface area contributed by atoms with Crippen LogP contribution in [0.25, 0.3) is 0 Å². The summed E-state index contributed by atoms with van der Waals surface area (Å²) in [7, 11) is 0. The predicted octanol–water partition coefficient (Wildman–Crippen LogP) is 2.28. The van der Waals surface area contributed by atoms with Gasteiger partial charge in [0.1, 0.15) is 0 Å². The molecule has 3 nitrogen and oxygen atoms in total. The molecule has 1 fully saturated rings. The first-order valence-electron chi connectivity index (χ1n) is 6.57. The SMILES string of the molecule is CC1CCN(c2cccc(Cl)c2)C(CCO)CN1. The van der Waals surface area contributed by atoms with Crippen molar-refractivity contribution in [3.63, 3.8) is 0 Å². The number of hydrogen-bond donors (Lipinski definition) is 2. The number of hydrogen-bond acceptors (Lipinski definition) is 3. The number of nitrogens with one attached hydrogen (secondary N) is 1. The summed E-state index contributed by atoms with van der Waals surface area (Å²) < 4.78 is 0. The Kier molecular flexibility index (Phi) is 4.87. The topological polar surface area (TPSA) is 35.5 Å². The van der Waals surface area contributed by atoms with E-state index in [2.05, 4.69) is 23.2 Å². The van der Waals surface area contributed by atoms with Crippen LogP contribution in [-0.2, 0) is 0 Å². The van der Waals surface area contributed by atoms with Crippen LogP contribution in [0.5, 0.6) is 0 Å². The van der Waals surface area contributed by atoms with Gasteiger partial charge in [-0.3, -0.25) is 0 Å². The first-order valence-corrected chi connectivity index (χ1v) is 6.95. The number of nitrogens with zero attached hydrogens (tertiary/aromatic N) is 1. The molecule has 1 aliphatic heterocycles. The molecule has 4 heteroatoms. The van der Waals surface area contributed by atoms with Crippen molar-refractivity contribution >= 4 is 17.3 Å². The van der Waals surface area contributed by atoms with E-state index < -0.39 is 0 Å². The van der Waals surface area contributed by atoms with E-state index in [4.69, 9.17) is 11.6 Å². The highest BCUT2D eigenvalue weighted by Crippen LogP contribution is 2.24. The first-order chi connectivity index (χ1) is 8.70. The zero-order chi connectivity index (χ0) is 13.0. The van der Waals surface area contributed by atoms with Gasteiger partial charge in [0, 0.05) is 42.5 Å². The van der Waals surface area contributed by atoms with Crippen molar-refractivity contribution in [1.29, 1.82) is 0 Å². The summed E-state index contributed by atoms with van der Waals surface area (Å²) in [5, 5.41) is 13.5. The Morgan fingerprint density at radius 1 is 1.50 bits per heavy atom. The molecular formula is C14H21ClN2O. The maximum Gasteiger partial charge on any atom is 0.0451 e. The smallest absolute Gasteiger partial charge is 0.0451 e. The van der Waals surface area contributed by atoms with Gasteiger partial charge in [-0.1, -0.05) is 17.7 Å². The van der Waals surface area contributed by atoms with Crippen LogP contribution in [0.3, 0.4) is 0 Å². The second-order valence-corrected chi connectivity index (χ2v) is 5.37. The third-order valence-electron chi connectivity index (χ3n) is 3.55. The zero-order valence-electron chi connectivity index (χ0n) is 10.8. The highest BCUT2D eigenvalue weighted by atomic mass is 35.5. The maximum absolute atomic E-state index is 9.22. The van der Waals surface area contributed by atoms with Gasteiger partial charge in [0.2, 0.25) is 0 Å². The summed E-state index contributed by atoms with van der Waals surface area (Å²) in [4.78, 5) is 2.36. The minimum Gasteiger partial charge on any atom is -0.396 e. The van der Waals surface area contributed by atoms with Gasteiger partial charge >= 0.3 is 0 Å². The lowest BCUT2D eigenvalue weighted by Crippen LogP contribution is -2.41. The number of aliphatic hydroxyl groups excluding tert-OH is 1. The summed E-state index contributed by atoms with van der Waals surface area (Å²) in [6, 6.07) is 8.82. The van der Waals surface area contributed by atoms with E-state index in [9.17, 15) is 5.11 Å². The first kappa shape index (κ1) is 13.7. The lowest BCUT2D eigenvalue weighted by atomic mass is 10.1. The third kappa shape index (κ3) is 3.37. The molecular weight excluding hydrogens is 248 g/mol. The fraction of sp³-hybridized carbons (Fsp3) is 0.571. The molecule has 0 bridgehead atoms. The van der Waals surface area contributed by atoms with Crippen molar-refractivity contribution < 1.29 is 5.11 Å². The van der Waals surface area contributed by atoms with E-state index in [1.165, 1.54) is 0 Å². The van der Waals surface area contributed by atoms with Crippen LogP contribution >= 0.6 is 11.6 Å². The summed E-state index contributed by atoms with van der Waals surface area (Å²) in [6.07, 6.45) is 1.89. The number of aliphatic hydroxyl groups is 1. The van der Waals surface area contributed by atoms with Crippen LogP contribution < -0.4 is 10.2 Å². The molecule has 1 aromatic carbocycles. The number of benzene rings is 1. The van der Waals surface area contributed by atoms with Crippen molar-refractivity contribution in [3.8, 4) is 0 Å². The lowest BCUT2D eigenvalue weighted by molar-refractivity contribution is 0.272. The Morgan fingerprint density at radius 2 is 2.33 bits per heavy atom. The van der Waals surface area contributed by atoms with Crippen LogP contribution in [0.1, 0.15) is 19.8 Å². The van der Waals surface area contributed by atoms with Gasteiger partial charge < -0.3 is 15.3 Å². The second-order valence-electron chi connectivity index (χ2n) is 4.94. The van der Waals surface area contributed by atoms with Crippen LogP contribution in [0.4, 0.5) is 5.69 Å². The Balaban J connectivity index is 2.20. The fourth-order valence-electron chi connectivity index (χ4n) is 2.47. The Bertz CT molecular complexity index is 386. The monoisotopic (exact) mass is 268 g/mol. The van der Waals surface area contributed by atoms with Gasteiger partial charge in [-0.15, -0.1) is 0 Å². The minimum absolute atomic E-state index is 0.220. The van der Waals surface area contributed by atoms with E-state index in [0.717, 1.165) is 36.6 Å². The normalized spacial score (nSPS) is 24.9. The van der Waals surface area contributed by atoms with Crippen LogP contribution in [0.2, 0.25) is 5.02 Å². The summed E-state index contributed by atoms with van der Waals surface area (Å²) >= 11 is 6.07. The minimum atomic E-state index is 0.220. The van der Waals surface area contributed by atoms with Crippen molar-refractivity contribution in [2.24, 2.45) is 0 Å². The van der Waals surface area contributed by atoms with Crippen molar-refractivity contribution in [1.82, 2.24) is 5.32 Å². The average Bonchev–Trinajstić information content (AvgIpc) is 2.53. The molecule has 2 N–H and O–H groups in total. The van der Waals surface area contributed by atoms with E-state index in [0.29, 0.717) is 12.1 Å². The average molecular weight is 269 g/mol. The van der Waals surface area contributed by atoms with Gasteiger partial charge in [0.15, 0.2) is 0 Å². The van der Waals surface area contributed by atoms with Crippen LogP contribution in [-0.4, -0.2) is 36.9 Å². The third-order valence-corrected chi connectivity index (χ3v) is 3.78. The molecule has 2 rings (SSSR count). The number of halogens is 1. The molecule has 0 aromatic heterocycles. The molecule has 0 saturated carbocycles. The molecule has 2 unspecified atom stereocenters. The number of rotatable bonds is 3. The second kappa shape index (κ2) is 6.41. The Labute approximate surface area is 114 Å². The van der Waals surface area contributed by atoms with E-state index >= 15 is 0 Å². The molecule has 1 aromatic rings. The van der Waals surface area contributed by atoms with Crippen LogP contribution in [0.15, 0.2) is 24.3 Å². The van der Waals surface area contributed by atoms with Crippen molar-refractivity contribution in [3.05, 3.63) is 29.3 Å². The molecule has 100 valence electrons. The predicted molar refractivity (Wildman–Crippen MR) is 76.4 cm³/mol. The standard InChI is InChI=1S/C14H21ClN2O/c1-11-5-7-17(14(6-8-18)10-16-11)13-4-2-3-12(15)9-13/h2-4,9,11,14,16,18H,5-8,10H2,1H3. The van der Waals surface area contributed by atoms with Gasteiger partial charge in [0.25, 0.3) is 0 Å². The molecule has 0 spiro atoms. The van der Waals surface area contributed by atoms with Crippen molar-refractivity contribution in [2.75, 3.05) is 24.6 Å². The van der Waals surface area contributed by atoms with Gasteiger partial charge in [-0.25, -0.2) is 0 Å². The van der Waals surface area contributed by atoms with Gasteiger partial charge in [-0.2, -0.15) is 0 Å². The van der Waals surface area contributed by atoms with E-state index in [-0.39, 0.29) is 6.61 Å². The summed E-state index contributed by atoms with van der Waals surface area (Å²) in [5.41, 5.74) is 1.15. The van der Waals surface area contributed by atoms with E-state index in [1.54, 1.807) is 0 Å².